The number of nitrogens with two attached hydrogens (primary N) is 1. The molecule has 0 radical (unpaired) electrons. The highest BCUT2D eigenvalue weighted by atomic mass is 79.9. The molecule has 15 heavy (non-hydrogen) atoms. The van der Waals surface area contributed by atoms with Crippen molar-refractivity contribution in [3.63, 3.8) is 0 Å². The molecule has 1 fully saturated rings. The Bertz CT molecular complexity index is 437. The van der Waals surface area contributed by atoms with E-state index in [-0.39, 0.29) is 0 Å². The third-order valence-corrected chi connectivity index (χ3v) is 3.45. The van der Waals surface area contributed by atoms with Crippen LogP contribution in [0.4, 0.5) is 5.69 Å². The molecular weight excluding hydrogens is 254 g/mol. The fraction of sp³-hybridized carbons (Fsp3) is 0.273. The Morgan fingerprint density at radius 2 is 2.20 bits per heavy atom. The molecule has 0 amide bonds. The maximum absolute atomic E-state index is 5.95. The van der Waals surface area contributed by atoms with E-state index in [2.05, 4.69) is 38.5 Å². The van der Waals surface area contributed by atoms with Gasteiger partial charge in [-0.15, -0.1) is 0 Å². The van der Waals surface area contributed by atoms with Crippen LogP contribution in [0.25, 0.3) is 5.70 Å². The van der Waals surface area contributed by atoms with E-state index >= 15 is 0 Å². The van der Waals surface area contributed by atoms with Gasteiger partial charge in [0.15, 0.2) is 0 Å². The predicted octanol–water partition coefficient (Wildman–Crippen LogP) is 2.19. The van der Waals surface area contributed by atoms with E-state index in [1.165, 1.54) is 18.5 Å². The van der Waals surface area contributed by atoms with Crippen LogP contribution in [-0.4, -0.2) is 6.04 Å². The Morgan fingerprint density at radius 3 is 2.93 bits per heavy atom. The summed E-state index contributed by atoms with van der Waals surface area (Å²) in [7, 11) is 0. The normalized spacial score (nSPS) is 19.3. The van der Waals surface area contributed by atoms with Crippen LogP contribution in [0.1, 0.15) is 18.4 Å². The molecule has 1 aromatic carbocycles. The molecule has 1 aliphatic heterocycles. The Labute approximate surface area is 97.0 Å². The van der Waals surface area contributed by atoms with Crippen molar-refractivity contribution < 1.29 is 0 Å². The van der Waals surface area contributed by atoms with Crippen molar-refractivity contribution in [2.24, 2.45) is 5.73 Å². The van der Waals surface area contributed by atoms with Crippen LogP contribution in [-0.2, 0) is 0 Å². The van der Waals surface area contributed by atoms with Gasteiger partial charge in [0.1, 0.15) is 0 Å². The molecule has 1 heterocycles. The summed E-state index contributed by atoms with van der Waals surface area (Å²) >= 11 is 3.58. The number of halogens is 1. The van der Waals surface area contributed by atoms with Crippen LogP contribution in [0, 0.1) is 0 Å². The van der Waals surface area contributed by atoms with Crippen molar-refractivity contribution in [3.05, 3.63) is 34.4 Å². The number of benzene rings is 1. The average molecular weight is 266 g/mol. The van der Waals surface area contributed by atoms with Gasteiger partial charge in [-0.25, -0.2) is 0 Å². The van der Waals surface area contributed by atoms with Crippen LogP contribution < -0.4 is 16.2 Å². The summed E-state index contributed by atoms with van der Waals surface area (Å²) in [6, 6.07) is 6.74. The number of rotatable bonds is 1. The highest BCUT2D eigenvalue weighted by Crippen LogP contribution is 2.40. The maximum atomic E-state index is 5.95. The molecule has 0 atom stereocenters. The first-order valence-electron chi connectivity index (χ1n) is 5.07. The third-order valence-electron chi connectivity index (χ3n) is 2.81. The van der Waals surface area contributed by atoms with Gasteiger partial charge in [-0.2, -0.15) is 0 Å². The zero-order chi connectivity index (χ0) is 10.4. The van der Waals surface area contributed by atoms with Crippen LogP contribution in [0.5, 0.6) is 0 Å². The number of hydrogen-bond acceptors (Lipinski definition) is 3. The van der Waals surface area contributed by atoms with E-state index in [0.717, 1.165) is 15.7 Å². The minimum Gasteiger partial charge on any atom is -0.397 e. The number of para-hydroxylation sites is 1. The predicted molar refractivity (Wildman–Crippen MR) is 64.9 cm³/mol. The van der Waals surface area contributed by atoms with E-state index in [9.17, 15) is 0 Å². The number of hydrogen-bond donors (Lipinski definition) is 2. The van der Waals surface area contributed by atoms with Crippen LogP contribution >= 0.6 is 15.9 Å². The van der Waals surface area contributed by atoms with Gasteiger partial charge in [0.25, 0.3) is 0 Å². The first-order chi connectivity index (χ1) is 7.27. The smallest absolute Gasteiger partial charge is 0.0810 e. The molecule has 1 aromatic rings. The van der Waals surface area contributed by atoms with Crippen molar-refractivity contribution in [3.8, 4) is 0 Å². The monoisotopic (exact) mass is 265 g/mol. The van der Waals surface area contributed by atoms with Crippen molar-refractivity contribution >= 4 is 27.3 Å². The van der Waals surface area contributed by atoms with Crippen molar-refractivity contribution in [2.45, 2.75) is 18.9 Å². The average Bonchev–Trinajstić information content (AvgIpc) is 3.03. The van der Waals surface area contributed by atoms with Gasteiger partial charge in [-0.1, -0.05) is 12.1 Å². The summed E-state index contributed by atoms with van der Waals surface area (Å²) < 4.78 is 1.09. The van der Waals surface area contributed by atoms with Crippen molar-refractivity contribution in [1.29, 1.82) is 0 Å². The number of fused-ring (bicyclic) bond motifs is 1. The summed E-state index contributed by atoms with van der Waals surface area (Å²) in [6.45, 7) is 0. The zero-order valence-electron chi connectivity index (χ0n) is 8.20. The summed E-state index contributed by atoms with van der Waals surface area (Å²) in [6.07, 6.45) is 4.37. The summed E-state index contributed by atoms with van der Waals surface area (Å²) in [4.78, 5) is 0. The van der Waals surface area contributed by atoms with Crippen molar-refractivity contribution in [2.75, 3.05) is 5.01 Å². The fourth-order valence-corrected chi connectivity index (χ4v) is 2.45. The summed E-state index contributed by atoms with van der Waals surface area (Å²) in [5, 5.41) is 2.20. The lowest BCUT2D eigenvalue weighted by Crippen LogP contribution is -2.40. The number of anilines is 1. The van der Waals surface area contributed by atoms with Gasteiger partial charge >= 0.3 is 0 Å². The molecule has 3 rings (SSSR count). The Kier molecular flexibility index (Phi) is 1.92. The molecule has 2 aliphatic rings. The van der Waals surface area contributed by atoms with E-state index in [0.29, 0.717) is 6.04 Å². The van der Waals surface area contributed by atoms with Crippen LogP contribution in [0.15, 0.2) is 28.9 Å². The summed E-state index contributed by atoms with van der Waals surface area (Å²) in [5.41, 5.74) is 12.3. The van der Waals surface area contributed by atoms with Gasteiger partial charge in [0.2, 0.25) is 0 Å². The zero-order valence-corrected chi connectivity index (χ0v) is 9.79. The van der Waals surface area contributed by atoms with Gasteiger partial charge < -0.3 is 11.2 Å². The van der Waals surface area contributed by atoms with E-state index in [4.69, 9.17) is 5.73 Å². The standard InChI is InChI=1S/C11H12BrN3/c12-9-3-1-2-8-10(13)6-14-15(11(8)9)7-4-5-7/h1-3,6-7,14H,4-5,13H2. The molecule has 1 saturated carbocycles. The van der Waals surface area contributed by atoms with Gasteiger partial charge in [0, 0.05) is 16.2 Å². The van der Waals surface area contributed by atoms with Crippen LogP contribution in [0.2, 0.25) is 0 Å². The second-order valence-electron chi connectivity index (χ2n) is 3.97. The topological polar surface area (TPSA) is 41.3 Å². The third kappa shape index (κ3) is 1.40. The first-order valence-corrected chi connectivity index (χ1v) is 5.86. The summed E-state index contributed by atoms with van der Waals surface area (Å²) in [5.74, 6) is 0. The quantitative estimate of drug-likeness (QED) is 0.818. The molecule has 0 aromatic heterocycles. The van der Waals surface area contributed by atoms with E-state index in [1.54, 1.807) is 0 Å². The molecule has 3 N–H and O–H groups in total. The Hall–Kier alpha value is -1.16. The first kappa shape index (κ1) is 9.09. The lowest BCUT2D eigenvalue weighted by atomic mass is 10.1. The second kappa shape index (κ2) is 3.17. The van der Waals surface area contributed by atoms with Crippen molar-refractivity contribution in [1.82, 2.24) is 5.43 Å². The van der Waals surface area contributed by atoms with Crippen LogP contribution in [0.3, 0.4) is 0 Å². The molecular formula is C11H12BrN3. The molecule has 4 heteroatoms. The molecule has 0 saturated heterocycles. The molecule has 3 nitrogen and oxygen atoms in total. The lowest BCUT2D eigenvalue weighted by molar-refractivity contribution is 0.719. The molecule has 1 aliphatic carbocycles. The van der Waals surface area contributed by atoms with E-state index in [1.807, 2.05) is 12.3 Å². The number of nitrogens with one attached hydrogen (secondary N) is 1. The van der Waals surface area contributed by atoms with Gasteiger partial charge in [0.05, 0.1) is 17.4 Å². The molecule has 0 unspecified atom stereocenters. The highest BCUT2D eigenvalue weighted by Gasteiger charge is 2.33. The highest BCUT2D eigenvalue weighted by molar-refractivity contribution is 9.10. The molecule has 0 spiro atoms. The molecule has 78 valence electrons. The second-order valence-corrected chi connectivity index (χ2v) is 4.82. The Balaban J connectivity index is 2.15. The minimum absolute atomic E-state index is 0.617. The molecule has 0 bridgehead atoms. The number of nitrogens with zero attached hydrogens (tertiary/aromatic N) is 1. The SMILES string of the molecule is NC1=CNN(C2CC2)c2c(Br)cccc21. The van der Waals surface area contributed by atoms with Gasteiger partial charge in [-0.05, 0) is 34.8 Å². The van der Waals surface area contributed by atoms with Gasteiger partial charge in [-0.3, -0.25) is 5.01 Å². The van der Waals surface area contributed by atoms with E-state index < -0.39 is 0 Å². The maximum Gasteiger partial charge on any atom is 0.0810 e. The fourth-order valence-electron chi connectivity index (χ4n) is 1.90. The Morgan fingerprint density at radius 1 is 1.40 bits per heavy atom. The lowest BCUT2D eigenvalue weighted by Gasteiger charge is -2.31. The number of hydrazine groups is 1. The largest absolute Gasteiger partial charge is 0.397 e. The minimum atomic E-state index is 0.617.